The fourth-order valence-electron chi connectivity index (χ4n) is 8.98. The Morgan fingerprint density at radius 1 is 0.290 bits per heavy atom. The summed E-state index contributed by atoms with van der Waals surface area (Å²) in [6.45, 7) is 0. The van der Waals surface area contributed by atoms with E-state index in [0.717, 1.165) is 72.0 Å². The van der Waals surface area contributed by atoms with Crippen LogP contribution < -0.4 is 0 Å². The minimum absolute atomic E-state index is 0.0857. The Kier molecular flexibility index (Phi) is 6.95. The molecule has 2 nitrogen and oxygen atoms in total. The van der Waals surface area contributed by atoms with E-state index in [0.29, 0.717) is 11.3 Å². The van der Waals surface area contributed by atoms with E-state index in [1.807, 2.05) is 109 Å². The first kappa shape index (κ1) is 29.1. The van der Waals surface area contributed by atoms with E-state index in [1.54, 1.807) is 4.57 Å². The third-order valence-corrected chi connectivity index (χ3v) is 12.0. The van der Waals surface area contributed by atoms with Gasteiger partial charge in [0.25, 0.3) is 0 Å². The molecule has 62 heavy (non-hydrogen) atoms. The molecule has 12 rings (SSSR count). The Hall–Kier alpha value is -8.20. The van der Waals surface area contributed by atoms with Gasteiger partial charge in [-0.2, -0.15) is 0 Å². The Morgan fingerprint density at radius 2 is 0.758 bits per heavy atom. The lowest BCUT2D eigenvalue weighted by atomic mass is 9.99. The van der Waals surface area contributed by atoms with Crippen molar-refractivity contribution in [2.75, 3.05) is 0 Å². The van der Waals surface area contributed by atoms with Crippen molar-refractivity contribution < 1.29 is 9.60 Å². The van der Waals surface area contributed by atoms with Crippen LogP contribution in [0.5, 0.6) is 0 Å². The molecule has 2 heterocycles. The van der Waals surface area contributed by atoms with Crippen molar-refractivity contribution in [3.05, 3.63) is 242 Å². The summed E-state index contributed by atoms with van der Waals surface area (Å²) in [4.78, 5) is 0. The van der Waals surface area contributed by atoms with Gasteiger partial charge in [-0.15, -0.1) is 0 Å². The Morgan fingerprint density at radius 3 is 1.39 bits per heavy atom. The van der Waals surface area contributed by atoms with Gasteiger partial charge in [0.15, 0.2) is 0 Å². The summed E-state index contributed by atoms with van der Waals surface area (Å²) >= 11 is 0. The van der Waals surface area contributed by atoms with E-state index in [9.17, 15) is 6.85 Å². The molecular formula is C60H40N2. The number of aromatic nitrogens is 2. The average Bonchev–Trinajstić information content (AvgIpc) is 3.94. The predicted molar refractivity (Wildman–Crippen MR) is 262 cm³/mol. The highest BCUT2D eigenvalue weighted by Crippen LogP contribution is 2.41. The van der Waals surface area contributed by atoms with Crippen molar-refractivity contribution in [2.45, 2.75) is 0 Å². The summed E-state index contributed by atoms with van der Waals surface area (Å²) in [7, 11) is 0. The van der Waals surface area contributed by atoms with E-state index < -0.39 is 12.1 Å². The fraction of sp³-hybridized carbons (Fsp3) is 0. The van der Waals surface area contributed by atoms with Gasteiger partial charge in [-0.1, -0.05) is 182 Å². The van der Waals surface area contributed by atoms with Crippen LogP contribution in [0.25, 0.3) is 111 Å². The van der Waals surface area contributed by atoms with Crippen molar-refractivity contribution >= 4 is 43.6 Å². The van der Waals surface area contributed by atoms with E-state index in [-0.39, 0.29) is 57.6 Å². The van der Waals surface area contributed by atoms with E-state index in [1.165, 1.54) is 0 Å². The van der Waals surface area contributed by atoms with Crippen molar-refractivity contribution in [2.24, 2.45) is 0 Å². The molecule has 2 aromatic heterocycles. The molecule has 10 aromatic carbocycles. The topological polar surface area (TPSA) is 9.86 Å². The number of rotatable bonds is 7. The second-order valence-electron chi connectivity index (χ2n) is 15.6. The summed E-state index contributed by atoms with van der Waals surface area (Å²) in [5.41, 5.74) is 12.9. The highest BCUT2D eigenvalue weighted by atomic mass is 15.0. The molecule has 0 radical (unpaired) electrons. The monoisotopic (exact) mass is 795 g/mol. The second-order valence-corrected chi connectivity index (χ2v) is 15.6. The van der Waals surface area contributed by atoms with Crippen LogP contribution >= 0.6 is 0 Å². The van der Waals surface area contributed by atoms with Crippen LogP contribution in [0.15, 0.2) is 242 Å². The van der Waals surface area contributed by atoms with Gasteiger partial charge in [0.2, 0.25) is 0 Å². The summed E-state index contributed by atoms with van der Waals surface area (Å²) in [5.74, 6) is 0. The first-order valence-electron chi connectivity index (χ1n) is 24.3. The predicted octanol–water partition coefficient (Wildman–Crippen LogP) is 16.2. The van der Waals surface area contributed by atoms with E-state index >= 15 is 0 Å². The maximum Gasteiger partial charge on any atom is 0.0645 e. The minimum atomic E-state index is -0.428. The number of para-hydroxylation sites is 2. The SMILES string of the molecule is [2H]c1c([2H])c([2H])c2c(c1[2H])c1c([2H])c(-c3ccc4c(c3)c3cc(-c5ccccc5)ccc3n4-c3ccccc3-c3ccccc3)c([2H])c([2H])c1n2-c1ccc(-c2ccc(-c3ccccc3)cc2)cc1. The lowest BCUT2D eigenvalue weighted by molar-refractivity contribution is 1.18. The van der Waals surface area contributed by atoms with Crippen molar-refractivity contribution in [1.82, 2.24) is 9.13 Å². The molecule has 0 fully saturated rings. The lowest BCUT2D eigenvalue weighted by Gasteiger charge is -2.14. The fourth-order valence-corrected chi connectivity index (χ4v) is 8.98. The molecule has 290 valence electrons. The van der Waals surface area contributed by atoms with E-state index in [4.69, 9.17) is 2.74 Å². The Balaban J connectivity index is 1.07. The smallest absolute Gasteiger partial charge is 0.0645 e. The van der Waals surface area contributed by atoms with Crippen molar-refractivity contribution in [1.29, 1.82) is 0 Å². The highest BCUT2D eigenvalue weighted by Gasteiger charge is 2.19. The largest absolute Gasteiger partial charge is 0.309 e. The molecule has 0 unspecified atom stereocenters. The molecule has 0 aliphatic carbocycles. The molecule has 0 aliphatic rings. The van der Waals surface area contributed by atoms with Crippen LogP contribution in [0.4, 0.5) is 0 Å². The minimum Gasteiger partial charge on any atom is -0.309 e. The zero-order valence-corrected chi connectivity index (χ0v) is 33.4. The van der Waals surface area contributed by atoms with Gasteiger partial charge >= 0.3 is 0 Å². The van der Waals surface area contributed by atoms with Gasteiger partial charge in [-0.25, -0.2) is 0 Å². The summed E-state index contributed by atoms with van der Waals surface area (Å²) < 4.78 is 69.4. The molecule has 0 spiro atoms. The second kappa shape index (κ2) is 14.8. The van der Waals surface area contributed by atoms with Gasteiger partial charge in [0, 0.05) is 32.8 Å². The zero-order chi connectivity index (χ0) is 47.1. The maximum atomic E-state index is 10.00. The Bertz CT molecular complexity index is 3990. The standard InChI is InChI=1S/C60H40N2/c1-4-14-41(15-5-1)43-24-26-44(27-25-43)45-28-33-50(34-29-45)61-57-23-13-11-21-52(57)53-39-48(31-35-58(53)61)49-32-37-60-55(40-49)54-38-47(42-16-6-2-7-17-42)30-36-59(54)62(60)56-22-12-10-20-51(56)46-18-8-3-9-19-46/h1-40H/i11D,13D,21D,23D,31D,35D,39D. The third kappa shape index (κ3) is 6.04. The average molecular weight is 796 g/mol. The van der Waals surface area contributed by atoms with Gasteiger partial charge in [0.05, 0.1) is 37.3 Å². The quantitative estimate of drug-likeness (QED) is 0.152. The molecule has 0 N–H and O–H groups in total. The van der Waals surface area contributed by atoms with Gasteiger partial charge < -0.3 is 9.13 Å². The molecule has 12 aromatic rings. The Labute approximate surface area is 370 Å². The van der Waals surface area contributed by atoms with Gasteiger partial charge in [-0.3, -0.25) is 0 Å². The molecule has 0 atom stereocenters. The zero-order valence-electron chi connectivity index (χ0n) is 40.4. The molecular weight excluding hydrogens is 749 g/mol. The molecule has 2 heteroatoms. The lowest BCUT2D eigenvalue weighted by Crippen LogP contribution is -1.97. The maximum absolute atomic E-state index is 10.00. The molecule has 0 saturated carbocycles. The summed E-state index contributed by atoms with van der Waals surface area (Å²) in [5, 5.41) is 2.20. The van der Waals surface area contributed by atoms with Crippen LogP contribution in [-0.2, 0) is 0 Å². The summed E-state index contributed by atoms with van der Waals surface area (Å²) in [6, 6.07) is 65.5. The molecule has 0 bridgehead atoms. The third-order valence-electron chi connectivity index (χ3n) is 12.0. The summed E-state index contributed by atoms with van der Waals surface area (Å²) in [6.07, 6.45) is 0. The molecule has 0 aliphatic heterocycles. The first-order valence-corrected chi connectivity index (χ1v) is 20.8. The van der Waals surface area contributed by atoms with Gasteiger partial charge in [0.1, 0.15) is 0 Å². The normalized spacial score (nSPS) is 13.1. The van der Waals surface area contributed by atoms with Gasteiger partial charge in [-0.05, 0) is 111 Å². The van der Waals surface area contributed by atoms with Crippen LogP contribution in [-0.4, -0.2) is 9.13 Å². The number of hydrogen-bond donors (Lipinski definition) is 0. The number of fused-ring (bicyclic) bond motifs is 6. The number of hydrogen-bond acceptors (Lipinski definition) is 0. The number of benzene rings is 10. The van der Waals surface area contributed by atoms with Crippen molar-refractivity contribution in [3.63, 3.8) is 0 Å². The van der Waals surface area contributed by atoms with Crippen LogP contribution in [0.2, 0.25) is 0 Å². The first-order chi connectivity index (χ1) is 33.7. The van der Waals surface area contributed by atoms with Crippen LogP contribution in [0.1, 0.15) is 9.60 Å². The molecule has 0 amide bonds. The molecule has 0 saturated heterocycles. The number of nitrogens with zero attached hydrogens (tertiary/aromatic N) is 2. The van der Waals surface area contributed by atoms with E-state index in [2.05, 4.69) is 95.6 Å². The van der Waals surface area contributed by atoms with Crippen molar-refractivity contribution in [3.8, 4) is 67.0 Å². The van der Waals surface area contributed by atoms with Crippen LogP contribution in [0, 0.1) is 0 Å². The van der Waals surface area contributed by atoms with Crippen LogP contribution in [0.3, 0.4) is 0 Å². The highest BCUT2D eigenvalue weighted by molar-refractivity contribution is 6.13.